The Morgan fingerprint density at radius 2 is 1.65 bits per heavy atom. The second kappa shape index (κ2) is 12.7. The lowest BCUT2D eigenvalue weighted by atomic mass is 10.2. The second-order valence-electron chi connectivity index (χ2n) is 5.67. The topological polar surface area (TPSA) is 93.0 Å². The molecule has 23 heavy (non-hydrogen) atoms. The Hall–Kier alpha value is -1.85. The van der Waals surface area contributed by atoms with Crippen molar-refractivity contribution in [1.82, 2.24) is 10.2 Å². The lowest BCUT2D eigenvalue weighted by Gasteiger charge is -2.25. The van der Waals surface area contributed by atoms with E-state index in [9.17, 15) is 15.0 Å². The largest absolute Gasteiger partial charge is 0.511 e. The van der Waals surface area contributed by atoms with Gasteiger partial charge in [-0.1, -0.05) is 26.7 Å². The predicted octanol–water partition coefficient (Wildman–Crippen LogP) is 3.53. The van der Waals surface area contributed by atoms with E-state index in [1.165, 1.54) is 6.20 Å². The van der Waals surface area contributed by atoms with E-state index >= 15 is 0 Å². The van der Waals surface area contributed by atoms with E-state index in [0.29, 0.717) is 31.7 Å². The molecule has 0 aromatic heterocycles. The summed E-state index contributed by atoms with van der Waals surface area (Å²) in [4.78, 5) is 12.8. The van der Waals surface area contributed by atoms with Gasteiger partial charge in [0.1, 0.15) is 17.6 Å². The molecule has 0 aliphatic carbocycles. The summed E-state index contributed by atoms with van der Waals surface area (Å²) in [7, 11) is 0. The molecule has 134 valence electrons. The van der Waals surface area contributed by atoms with Gasteiger partial charge in [-0.15, -0.1) is 0 Å². The summed E-state index contributed by atoms with van der Waals surface area (Å²) in [5.74, 6) is -0.446. The Bertz CT molecular complexity index is 394. The van der Waals surface area contributed by atoms with E-state index in [4.69, 9.17) is 5.11 Å². The predicted molar refractivity (Wildman–Crippen MR) is 92.3 cm³/mol. The number of carbonyl (C=O) groups is 1. The number of aliphatic carboxylic acids is 1. The number of hydrogen-bond donors (Lipinski definition) is 4. The Kier molecular flexibility index (Phi) is 11.7. The average Bonchev–Trinajstić information content (AvgIpc) is 2.52. The standard InChI is InChI=1S/C17H32N2O4/c1-4-6-8-15(20)12-18-10-11-19(14(3)17(22)23)13-16(21)9-7-5-2/h12-14,18,20-21H,4-11H2,1-3H3,(H,22,23)/b15-12-,16-13-. The molecular formula is C17H32N2O4. The fraction of sp³-hybridized carbons (Fsp3) is 0.706. The Labute approximate surface area is 139 Å². The number of nitrogens with one attached hydrogen (secondary N) is 1. The molecule has 1 atom stereocenters. The lowest BCUT2D eigenvalue weighted by molar-refractivity contribution is -0.141. The van der Waals surface area contributed by atoms with Crippen molar-refractivity contribution in [2.45, 2.75) is 65.3 Å². The van der Waals surface area contributed by atoms with Crippen molar-refractivity contribution < 1.29 is 20.1 Å². The van der Waals surface area contributed by atoms with Gasteiger partial charge in [0.15, 0.2) is 0 Å². The number of carboxylic acid groups (broad SMARTS) is 1. The molecule has 6 nitrogen and oxygen atoms in total. The molecule has 4 N–H and O–H groups in total. The summed E-state index contributed by atoms with van der Waals surface area (Å²) < 4.78 is 0. The molecule has 0 saturated carbocycles. The third-order valence-electron chi connectivity index (χ3n) is 3.53. The van der Waals surface area contributed by atoms with E-state index in [2.05, 4.69) is 12.2 Å². The maximum Gasteiger partial charge on any atom is 0.326 e. The number of hydrogen-bond acceptors (Lipinski definition) is 5. The SMILES string of the molecule is CCCC/C(O)=C/NCCN(/C=C(\O)CCCC)C(C)C(=O)O. The molecular weight excluding hydrogens is 296 g/mol. The van der Waals surface area contributed by atoms with Gasteiger partial charge in [-0.3, -0.25) is 0 Å². The molecule has 0 heterocycles. The zero-order valence-corrected chi connectivity index (χ0v) is 14.6. The summed E-state index contributed by atoms with van der Waals surface area (Å²) in [6.07, 6.45) is 8.03. The number of carboxylic acids is 1. The minimum Gasteiger partial charge on any atom is -0.511 e. The number of rotatable bonds is 13. The third kappa shape index (κ3) is 10.5. The monoisotopic (exact) mass is 328 g/mol. The first-order valence-electron chi connectivity index (χ1n) is 8.41. The van der Waals surface area contributed by atoms with Crippen molar-refractivity contribution in [3.63, 3.8) is 0 Å². The van der Waals surface area contributed by atoms with Crippen LogP contribution in [-0.4, -0.2) is 45.3 Å². The Morgan fingerprint density at radius 1 is 1.09 bits per heavy atom. The fourth-order valence-electron chi connectivity index (χ4n) is 1.94. The van der Waals surface area contributed by atoms with Crippen LogP contribution in [0.5, 0.6) is 0 Å². The lowest BCUT2D eigenvalue weighted by Crippen LogP contribution is -2.39. The molecule has 0 radical (unpaired) electrons. The molecule has 0 amide bonds. The normalized spacial score (nSPS) is 13.7. The van der Waals surface area contributed by atoms with E-state index in [0.717, 1.165) is 25.7 Å². The van der Waals surface area contributed by atoms with E-state index < -0.39 is 12.0 Å². The smallest absolute Gasteiger partial charge is 0.326 e. The summed E-state index contributed by atoms with van der Waals surface area (Å²) in [6, 6.07) is -0.724. The van der Waals surface area contributed by atoms with Crippen LogP contribution in [0.4, 0.5) is 0 Å². The quantitative estimate of drug-likeness (QED) is 0.305. The Morgan fingerprint density at radius 3 is 2.17 bits per heavy atom. The van der Waals surface area contributed by atoms with Crippen LogP contribution in [0.1, 0.15) is 59.3 Å². The van der Waals surface area contributed by atoms with Gasteiger partial charge < -0.3 is 25.5 Å². The van der Waals surface area contributed by atoms with Crippen molar-refractivity contribution in [3.8, 4) is 0 Å². The third-order valence-corrected chi connectivity index (χ3v) is 3.53. The van der Waals surface area contributed by atoms with E-state index in [1.807, 2.05) is 6.92 Å². The fourth-order valence-corrected chi connectivity index (χ4v) is 1.94. The molecule has 0 aliphatic heterocycles. The first-order chi connectivity index (χ1) is 10.9. The van der Waals surface area contributed by atoms with Gasteiger partial charge in [0.05, 0.1) is 0 Å². The highest BCUT2D eigenvalue weighted by Gasteiger charge is 2.18. The van der Waals surface area contributed by atoms with Crippen molar-refractivity contribution in [2.24, 2.45) is 0 Å². The van der Waals surface area contributed by atoms with Gasteiger partial charge in [0.2, 0.25) is 0 Å². The number of aliphatic hydroxyl groups excluding tert-OH is 2. The van der Waals surface area contributed by atoms with E-state index in [-0.39, 0.29) is 5.76 Å². The van der Waals surface area contributed by atoms with Gasteiger partial charge in [-0.2, -0.15) is 0 Å². The van der Waals surface area contributed by atoms with Gasteiger partial charge in [-0.25, -0.2) is 4.79 Å². The summed E-state index contributed by atoms with van der Waals surface area (Å²) in [6.45, 7) is 6.57. The summed E-state index contributed by atoms with van der Waals surface area (Å²) in [5.41, 5.74) is 0. The Balaban J connectivity index is 4.51. The summed E-state index contributed by atoms with van der Waals surface area (Å²) in [5, 5.41) is 31.6. The molecule has 1 unspecified atom stereocenters. The molecule has 0 aromatic rings. The van der Waals surface area contributed by atoms with Crippen LogP contribution < -0.4 is 5.32 Å². The van der Waals surface area contributed by atoms with Crippen LogP contribution >= 0.6 is 0 Å². The second-order valence-corrected chi connectivity index (χ2v) is 5.67. The van der Waals surface area contributed by atoms with Crippen molar-refractivity contribution in [3.05, 3.63) is 23.9 Å². The summed E-state index contributed by atoms with van der Waals surface area (Å²) >= 11 is 0. The number of nitrogens with zero attached hydrogens (tertiary/aromatic N) is 1. The minimum absolute atomic E-state index is 0.196. The van der Waals surface area contributed by atoms with Gasteiger partial charge in [0, 0.05) is 38.3 Å². The van der Waals surface area contributed by atoms with Crippen LogP contribution in [-0.2, 0) is 4.79 Å². The van der Waals surface area contributed by atoms with Crippen LogP contribution in [0, 0.1) is 0 Å². The molecule has 0 bridgehead atoms. The maximum absolute atomic E-state index is 11.2. The minimum atomic E-state index is -0.939. The molecule has 0 saturated heterocycles. The van der Waals surface area contributed by atoms with Crippen molar-refractivity contribution >= 4 is 5.97 Å². The van der Waals surface area contributed by atoms with Crippen LogP contribution in [0.3, 0.4) is 0 Å². The number of aliphatic hydroxyl groups is 2. The van der Waals surface area contributed by atoms with Crippen LogP contribution in [0.25, 0.3) is 0 Å². The van der Waals surface area contributed by atoms with Crippen LogP contribution in [0.15, 0.2) is 23.9 Å². The first kappa shape index (κ1) is 21.1. The van der Waals surface area contributed by atoms with Gasteiger partial charge in [0.25, 0.3) is 0 Å². The first-order valence-corrected chi connectivity index (χ1v) is 8.41. The zero-order valence-electron chi connectivity index (χ0n) is 14.6. The highest BCUT2D eigenvalue weighted by Crippen LogP contribution is 2.08. The molecule has 0 aromatic carbocycles. The average molecular weight is 328 g/mol. The van der Waals surface area contributed by atoms with Crippen molar-refractivity contribution in [2.75, 3.05) is 13.1 Å². The van der Waals surface area contributed by atoms with Crippen molar-refractivity contribution in [1.29, 1.82) is 0 Å². The highest BCUT2D eigenvalue weighted by atomic mass is 16.4. The highest BCUT2D eigenvalue weighted by molar-refractivity contribution is 5.73. The van der Waals surface area contributed by atoms with Gasteiger partial charge in [-0.05, 0) is 19.8 Å². The molecule has 0 spiro atoms. The van der Waals surface area contributed by atoms with Gasteiger partial charge >= 0.3 is 5.97 Å². The maximum atomic E-state index is 11.2. The zero-order chi connectivity index (χ0) is 17.7. The number of allylic oxidation sites excluding steroid dienone is 2. The molecule has 0 fully saturated rings. The molecule has 0 rings (SSSR count). The number of unbranched alkanes of at least 4 members (excludes halogenated alkanes) is 2. The molecule has 6 heteroatoms. The molecule has 0 aliphatic rings. The van der Waals surface area contributed by atoms with Crippen LogP contribution in [0.2, 0.25) is 0 Å². The van der Waals surface area contributed by atoms with E-state index in [1.54, 1.807) is 18.0 Å².